The van der Waals surface area contributed by atoms with E-state index in [0.717, 1.165) is 12.2 Å². The molecular weight excluding hydrogens is 282 g/mol. The van der Waals surface area contributed by atoms with Gasteiger partial charge in [0.2, 0.25) is 11.8 Å². The van der Waals surface area contributed by atoms with E-state index >= 15 is 0 Å². The molecule has 0 aromatic carbocycles. The van der Waals surface area contributed by atoms with Crippen LogP contribution >= 0.6 is 0 Å². The molecule has 1 atom stereocenters. The first-order valence-corrected chi connectivity index (χ1v) is 7.70. The molecule has 0 spiro atoms. The lowest BCUT2D eigenvalue weighted by molar-refractivity contribution is -0.143. The van der Waals surface area contributed by atoms with Crippen molar-refractivity contribution in [1.29, 1.82) is 0 Å². The summed E-state index contributed by atoms with van der Waals surface area (Å²) >= 11 is 0. The summed E-state index contributed by atoms with van der Waals surface area (Å²) in [6.07, 6.45) is 2.70. The van der Waals surface area contributed by atoms with Crippen molar-refractivity contribution in [2.24, 2.45) is 12.8 Å². The summed E-state index contributed by atoms with van der Waals surface area (Å²) in [5.41, 5.74) is 6.50. The average Bonchev–Trinajstić information content (AvgIpc) is 2.89. The summed E-state index contributed by atoms with van der Waals surface area (Å²) < 4.78 is 1.76. The molecule has 1 aromatic rings. The minimum absolute atomic E-state index is 0.0200. The highest BCUT2D eigenvalue weighted by Gasteiger charge is 2.34. The van der Waals surface area contributed by atoms with Crippen LogP contribution in [0.5, 0.6) is 0 Å². The Balaban J connectivity index is 1.98. The SMILES string of the molecule is CC(C)N1CCN(C(=O)CCc2ccnn2C)C(C(N)=O)C1. The van der Waals surface area contributed by atoms with Gasteiger partial charge in [-0.25, -0.2) is 0 Å². The quantitative estimate of drug-likeness (QED) is 0.813. The highest BCUT2D eigenvalue weighted by atomic mass is 16.2. The van der Waals surface area contributed by atoms with Crippen molar-refractivity contribution in [2.45, 2.75) is 38.8 Å². The van der Waals surface area contributed by atoms with Gasteiger partial charge in [-0.15, -0.1) is 0 Å². The first kappa shape index (κ1) is 16.5. The Morgan fingerprint density at radius 3 is 2.68 bits per heavy atom. The molecule has 2 amide bonds. The summed E-state index contributed by atoms with van der Waals surface area (Å²) in [5.74, 6) is -0.451. The summed E-state index contributed by atoms with van der Waals surface area (Å²) in [7, 11) is 1.85. The number of primary amides is 1. The number of hydrogen-bond acceptors (Lipinski definition) is 4. The molecule has 2 rings (SSSR count). The third-order valence-electron chi connectivity index (χ3n) is 4.31. The number of rotatable bonds is 5. The molecule has 1 fully saturated rings. The van der Waals surface area contributed by atoms with Gasteiger partial charge in [-0.3, -0.25) is 19.2 Å². The van der Waals surface area contributed by atoms with Crippen molar-refractivity contribution in [1.82, 2.24) is 19.6 Å². The molecule has 22 heavy (non-hydrogen) atoms. The highest BCUT2D eigenvalue weighted by molar-refractivity contribution is 5.87. The topological polar surface area (TPSA) is 84.5 Å². The number of carbonyl (C=O) groups is 2. The smallest absolute Gasteiger partial charge is 0.241 e. The van der Waals surface area contributed by atoms with Gasteiger partial charge in [-0.05, 0) is 26.3 Å². The molecule has 1 aliphatic rings. The number of amides is 2. The lowest BCUT2D eigenvalue weighted by atomic mass is 10.1. The molecule has 7 nitrogen and oxygen atoms in total. The molecule has 7 heteroatoms. The number of piperazine rings is 1. The molecule has 0 bridgehead atoms. The maximum absolute atomic E-state index is 12.5. The summed E-state index contributed by atoms with van der Waals surface area (Å²) in [5, 5.41) is 4.09. The number of hydrogen-bond donors (Lipinski definition) is 1. The van der Waals surface area contributed by atoms with Gasteiger partial charge in [0, 0.05) is 51.0 Å². The largest absolute Gasteiger partial charge is 0.368 e. The van der Waals surface area contributed by atoms with Crippen LogP contribution in [-0.4, -0.2) is 63.1 Å². The second kappa shape index (κ2) is 6.91. The Labute approximate surface area is 131 Å². The van der Waals surface area contributed by atoms with E-state index in [1.807, 2.05) is 13.1 Å². The predicted octanol–water partition coefficient (Wildman–Crippen LogP) is -0.241. The molecule has 0 saturated carbocycles. The minimum atomic E-state index is -0.532. The number of carbonyl (C=O) groups excluding carboxylic acids is 2. The van der Waals surface area contributed by atoms with Crippen LogP contribution in [0.15, 0.2) is 12.3 Å². The van der Waals surface area contributed by atoms with E-state index in [4.69, 9.17) is 5.73 Å². The first-order chi connectivity index (χ1) is 10.4. The van der Waals surface area contributed by atoms with E-state index in [2.05, 4.69) is 23.8 Å². The van der Waals surface area contributed by atoms with Crippen LogP contribution in [0.2, 0.25) is 0 Å². The Hall–Kier alpha value is -1.89. The van der Waals surface area contributed by atoms with Gasteiger partial charge in [-0.1, -0.05) is 0 Å². The maximum atomic E-state index is 12.5. The predicted molar refractivity (Wildman–Crippen MR) is 82.9 cm³/mol. The lowest BCUT2D eigenvalue weighted by Gasteiger charge is -2.41. The van der Waals surface area contributed by atoms with Crippen LogP contribution < -0.4 is 5.73 Å². The Morgan fingerprint density at radius 2 is 2.14 bits per heavy atom. The van der Waals surface area contributed by atoms with E-state index in [1.54, 1.807) is 15.8 Å². The monoisotopic (exact) mass is 307 g/mol. The van der Waals surface area contributed by atoms with E-state index in [-0.39, 0.29) is 5.91 Å². The first-order valence-electron chi connectivity index (χ1n) is 7.70. The van der Waals surface area contributed by atoms with Crippen molar-refractivity contribution in [3.05, 3.63) is 18.0 Å². The fourth-order valence-corrected chi connectivity index (χ4v) is 2.84. The van der Waals surface area contributed by atoms with Gasteiger partial charge in [0.15, 0.2) is 0 Å². The van der Waals surface area contributed by atoms with Crippen molar-refractivity contribution < 1.29 is 9.59 Å². The Bertz CT molecular complexity index is 540. The van der Waals surface area contributed by atoms with Crippen molar-refractivity contribution in [3.8, 4) is 0 Å². The molecule has 0 aliphatic carbocycles. The van der Waals surface area contributed by atoms with E-state index in [0.29, 0.717) is 32.0 Å². The van der Waals surface area contributed by atoms with E-state index in [9.17, 15) is 9.59 Å². The molecule has 2 heterocycles. The highest BCUT2D eigenvalue weighted by Crippen LogP contribution is 2.15. The van der Waals surface area contributed by atoms with Gasteiger partial charge >= 0.3 is 0 Å². The summed E-state index contributed by atoms with van der Waals surface area (Å²) in [4.78, 5) is 28.0. The summed E-state index contributed by atoms with van der Waals surface area (Å²) in [6.45, 7) is 6.01. The maximum Gasteiger partial charge on any atom is 0.241 e. The molecule has 1 aromatic heterocycles. The normalized spacial score (nSPS) is 19.6. The number of aryl methyl sites for hydroxylation is 2. The van der Waals surface area contributed by atoms with Crippen LogP contribution in [-0.2, 0) is 23.1 Å². The van der Waals surface area contributed by atoms with E-state index < -0.39 is 11.9 Å². The number of nitrogens with two attached hydrogens (primary N) is 1. The fourth-order valence-electron chi connectivity index (χ4n) is 2.84. The van der Waals surface area contributed by atoms with Crippen LogP contribution in [0.3, 0.4) is 0 Å². The third kappa shape index (κ3) is 3.65. The van der Waals surface area contributed by atoms with Gasteiger partial charge in [-0.2, -0.15) is 5.10 Å². The average molecular weight is 307 g/mol. The molecular formula is C15H25N5O2. The summed E-state index contributed by atoms with van der Waals surface area (Å²) in [6, 6.07) is 1.71. The number of aromatic nitrogens is 2. The molecule has 0 radical (unpaired) electrons. The molecule has 122 valence electrons. The standard InChI is InChI=1S/C15H25N5O2/c1-11(2)19-8-9-20(13(10-19)15(16)22)14(21)5-4-12-6-7-17-18(12)3/h6-7,11,13H,4-5,8-10H2,1-3H3,(H2,16,22). The van der Waals surface area contributed by atoms with E-state index in [1.165, 1.54) is 0 Å². The second-order valence-electron chi connectivity index (χ2n) is 6.04. The Morgan fingerprint density at radius 1 is 1.41 bits per heavy atom. The minimum Gasteiger partial charge on any atom is -0.368 e. The van der Waals surface area contributed by atoms with Crippen molar-refractivity contribution in [2.75, 3.05) is 19.6 Å². The number of nitrogens with zero attached hydrogens (tertiary/aromatic N) is 4. The second-order valence-corrected chi connectivity index (χ2v) is 6.04. The van der Waals surface area contributed by atoms with Crippen LogP contribution in [0.25, 0.3) is 0 Å². The van der Waals surface area contributed by atoms with Crippen LogP contribution in [0, 0.1) is 0 Å². The van der Waals surface area contributed by atoms with Crippen LogP contribution in [0.4, 0.5) is 0 Å². The van der Waals surface area contributed by atoms with Gasteiger partial charge in [0.05, 0.1) is 0 Å². The molecule has 1 saturated heterocycles. The van der Waals surface area contributed by atoms with Crippen LogP contribution in [0.1, 0.15) is 26.0 Å². The lowest BCUT2D eigenvalue weighted by Crippen LogP contribution is -2.61. The third-order valence-corrected chi connectivity index (χ3v) is 4.31. The molecule has 1 aliphatic heterocycles. The van der Waals surface area contributed by atoms with Crippen molar-refractivity contribution in [3.63, 3.8) is 0 Å². The zero-order valence-electron chi connectivity index (χ0n) is 13.5. The molecule has 1 unspecified atom stereocenters. The zero-order chi connectivity index (χ0) is 16.3. The van der Waals surface area contributed by atoms with Gasteiger partial charge in [0.25, 0.3) is 0 Å². The molecule has 2 N–H and O–H groups in total. The van der Waals surface area contributed by atoms with Gasteiger partial charge < -0.3 is 10.6 Å². The van der Waals surface area contributed by atoms with Gasteiger partial charge in [0.1, 0.15) is 6.04 Å². The fraction of sp³-hybridized carbons (Fsp3) is 0.667. The van der Waals surface area contributed by atoms with Crippen molar-refractivity contribution >= 4 is 11.8 Å². The Kier molecular flexibility index (Phi) is 5.18. The zero-order valence-corrected chi connectivity index (χ0v) is 13.5.